The molecule has 1 aliphatic heterocycles. The van der Waals surface area contributed by atoms with Gasteiger partial charge in [-0.2, -0.15) is 11.8 Å². The molecule has 106 valence electrons. The SMILES string of the molecule is CCNC1c2cc(C(C)(C)C)ccc2CSC1CC. The Hall–Kier alpha value is -0.470. The van der Waals surface area contributed by atoms with E-state index in [-0.39, 0.29) is 5.41 Å². The molecule has 0 saturated carbocycles. The molecule has 0 aliphatic carbocycles. The Labute approximate surface area is 122 Å². The Balaban J connectivity index is 2.41. The van der Waals surface area contributed by atoms with Crippen LogP contribution in [0.25, 0.3) is 0 Å². The first-order valence-electron chi connectivity index (χ1n) is 7.45. The topological polar surface area (TPSA) is 12.0 Å². The Kier molecular flexibility index (Phi) is 4.62. The van der Waals surface area contributed by atoms with E-state index in [1.165, 1.54) is 23.3 Å². The average Bonchev–Trinajstić information content (AvgIpc) is 2.37. The number of hydrogen-bond donors (Lipinski definition) is 1. The van der Waals surface area contributed by atoms with Crippen LogP contribution in [-0.4, -0.2) is 11.8 Å². The fourth-order valence-electron chi connectivity index (χ4n) is 2.79. The molecule has 2 unspecified atom stereocenters. The second-order valence-electron chi connectivity index (χ2n) is 6.46. The molecule has 1 aromatic carbocycles. The van der Waals surface area contributed by atoms with Gasteiger partial charge in [0.25, 0.3) is 0 Å². The highest BCUT2D eigenvalue weighted by Gasteiger charge is 2.29. The summed E-state index contributed by atoms with van der Waals surface area (Å²) >= 11 is 2.10. The smallest absolute Gasteiger partial charge is 0.0443 e. The van der Waals surface area contributed by atoms with Crippen LogP contribution in [0.5, 0.6) is 0 Å². The zero-order valence-corrected chi connectivity index (χ0v) is 13.7. The summed E-state index contributed by atoms with van der Waals surface area (Å²) in [6.45, 7) is 12.4. The first-order chi connectivity index (χ1) is 8.97. The summed E-state index contributed by atoms with van der Waals surface area (Å²) in [4.78, 5) is 0. The van der Waals surface area contributed by atoms with Gasteiger partial charge in [-0.1, -0.05) is 52.8 Å². The summed E-state index contributed by atoms with van der Waals surface area (Å²) in [5.74, 6) is 1.17. The van der Waals surface area contributed by atoms with Gasteiger partial charge >= 0.3 is 0 Å². The zero-order valence-electron chi connectivity index (χ0n) is 12.9. The lowest BCUT2D eigenvalue weighted by molar-refractivity contribution is 0.510. The van der Waals surface area contributed by atoms with Crippen molar-refractivity contribution in [2.75, 3.05) is 6.54 Å². The molecular weight excluding hydrogens is 250 g/mol. The van der Waals surface area contributed by atoms with Crippen molar-refractivity contribution in [3.05, 3.63) is 34.9 Å². The van der Waals surface area contributed by atoms with E-state index in [2.05, 4.69) is 69.9 Å². The number of thioether (sulfide) groups is 1. The van der Waals surface area contributed by atoms with Crippen LogP contribution in [0.1, 0.15) is 63.8 Å². The highest BCUT2D eigenvalue weighted by atomic mass is 32.2. The van der Waals surface area contributed by atoms with Gasteiger partial charge < -0.3 is 5.32 Å². The van der Waals surface area contributed by atoms with Crippen molar-refractivity contribution >= 4 is 11.8 Å². The van der Waals surface area contributed by atoms with Crippen molar-refractivity contribution < 1.29 is 0 Å². The molecule has 1 heterocycles. The van der Waals surface area contributed by atoms with Crippen molar-refractivity contribution in [3.63, 3.8) is 0 Å². The number of nitrogens with one attached hydrogen (secondary N) is 1. The van der Waals surface area contributed by atoms with Crippen LogP contribution < -0.4 is 5.32 Å². The maximum absolute atomic E-state index is 3.70. The summed E-state index contributed by atoms with van der Waals surface area (Å²) in [7, 11) is 0. The Bertz CT molecular complexity index is 433. The van der Waals surface area contributed by atoms with Crippen molar-refractivity contribution in [3.8, 4) is 0 Å². The van der Waals surface area contributed by atoms with Crippen LogP contribution in [0.2, 0.25) is 0 Å². The van der Waals surface area contributed by atoms with Gasteiger partial charge in [0.05, 0.1) is 0 Å². The highest BCUT2D eigenvalue weighted by Crippen LogP contribution is 2.40. The van der Waals surface area contributed by atoms with E-state index in [0.717, 1.165) is 6.54 Å². The minimum absolute atomic E-state index is 0.234. The lowest BCUT2D eigenvalue weighted by Crippen LogP contribution is -2.33. The molecule has 0 amide bonds. The number of fused-ring (bicyclic) bond motifs is 1. The van der Waals surface area contributed by atoms with Gasteiger partial charge in [-0.05, 0) is 35.1 Å². The second kappa shape index (κ2) is 5.88. The average molecular weight is 277 g/mol. The summed E-state index contributed by atoms with van der Waals surface area (Å²) in [5, 5.41) is 4.41. The van der Waals surface area contributed by atoms with Gasteiger partial charge in [-0.3, -0.25) is 0 Å². The first-order valence-corrected chi connectivity index (χ1v) is 8.50. The molecule has 19 heavy (non-hydrogen) atoms. The fraction of sp³-hybridized carbons (Fsp3) is 0.647. The highest BCUT2D eigenvalue weighted by molar-refractivity contribution is 7.99. The molecule has 0 bridgehead atoms. The predicted molar refractivity (Wildman–Crippen MR) is 86.9 cm³/mol. The summed E-state index contributed by atoms with van der Waals surface area (Å²) in [5.41, 5.74) is 4.75. The quantitative estimate of drug-likeness (QED) is 0.862. The minimum atomic E-state index is 0.234. The molecule has 1 aromatic rings. The molecule has 0 radical (unpaired) electrons. The Morgan fingerprint density at radius 1 is 1.26 bits per heavy atom. The van der Waals surface area contributed by atoms with E-state index in [1.807, 2.05) is 0 Å². The molecule has 2 heteroatoms. The van der Waals surface area contributed by atoms with E-state index in [9.17, 15) is 0 Å². The van der Waals surface area contributed by atoms with Gasteiger partial charge in [0, 0.05) is 17.0 Å². The van der Waals surface area contributed by atoms with E-state index in [0.29, 0.717) is 11.3 Å². The van der Waals surface area contributed by atoms with Crippen LogP contribution in [0.4, 0.5) is 0 Å². The third kappa shape index (κ3) is 3.17. The van der Waals surface area contributed by atoms with E-state index in [1.54, 1.807) is 5.56 Å². The summed E-state index contributed by atoms with van der Waals surface area (Å²) in [6.07, 6.45) is 1.24. The minimum Gasteiger partial charge on any atom is -0.309 e. The molecule has 0 saturated heterocycles. The lowest BCUT2D eigenvalue weighted by Gasteiger charge is -2.34. The van der Waals surface area contributed by atoms with Gasteiger partial charge in [-0.15, -0.1) is 0 Å². The van der Waals surface area contributed by atoms with E-state index in [4.69, 9.17) is 0 Å². The molecule has 0 spiro atoms. The second-order valence-corrected chi connectivity index (χ2v) is 7.68. The fourth-order valence-corrected chi connectivity index (χ4v) is 4.12. The van der Waals surface area contributed by atoms with Crippen LogP contribution in [0.15, 0.2) is 18.2 Å². The largest absolute Gasteiger partial charge is 0.309 e. The van der Waals surface area contributed by atoms with E-state index < -0.39 is 0 Å². The first kappa shape index (κ1) is 14.9. The van der Waals surface area contributed by atoms with Gasteiger partial charge in [0.15, 0.2) is 0 Å². The molecular formula is C17H27NS. The van der Waals surface area contributed by atoms with Gasteiger partial charge in [-0.25, -0.2) is 0 Å². The number of hydrogen-bond acceptors (Lipinski definition) is 2. The number of rotatable bonds is 3. The third-order valence-corrected chi connectivity index (χ3v) is 5.51. The monoisotopic (exact) mass is 277 g/mol. The standard InChI is InChI=1S/C17H27NS/c1-6-15-16(18-7-2)14-10-13(17(3,4)5)9-8-12(14)11-19-15/h8-10,15-16,18H,6-7,11H2,1-5H3. The summed E-state index contributed by atoms with van der Waals surface area (Å²) in [6, 6.07) is 7.63. The summed E-state index contributed by atoms with van der Waals surface area (Å²) < 4.78 is 0. The van der Waals surface area contributed by atoms with Crippen molar-refractivity contribution in [1.29, 1.82) is 0 Å². The van der Waals surface area contributed by atoms with Gasteiger partial charge in [0.2, 0.25) is 0 Å². The van der Waals surface area contributed by atoms with Crippen molar-refractivity contribution in [2.45, 2.75) is 63.5 Å². The molecule has 2 rings (SSSR count). The van der Waals surface area contributed by atoms with Crippen LogP contribution in [0.3, 0.4) is 0 Å². The third-order valence-electron chi connectivity index (χ3n) is 4.00. The Morgan fingerprint density at radius 2 is 2.00 bits per heavy atom. The van der Waals surface area contributed by atoms with E-state index >= 15 is 0 Å². The molecule has 1 aliphatic rings. The molecule has 0 fully saturated rings. The number of benzene rings is 1. The maximum atomic E-state index is 3.70. The predicted octanol–water partition coefficient (Wildman–Crippen LogP) is 4.66. The zero-order chi connectivity index (χ0) is 14.0. The molecule has 0 aromatic heterocycles. The van der Waals surface area contributed by atoms with Crippen molar-refractivity contribution in [1.82, 2.24) is 5.32 Å². The molecule has 2 atom stereocenters. The van der Waals surface area contributed by atoms with Crippen LogP contribution >= 0.6 is 11.8 Å². The maximum Gasteiger partial charge on any atom is 0.0443 e. The lowest BCUT2D eigenvalue weighted by atomic mass is 9.83. The Morgan fingerprint density at radius 3 is 2.58 bits per heavy atom. The van der Waals surface area contributed by atoms with Crippen LogP contribution in [-0.2, 0) is 11.2 Å². The molecule has 1 N–H and O–H groups in total. The normalized spacial score (nSPS) is 23.2. The molecule has 1 nitrogen and oxygen atoms in total. The van der Waals surface area contributed by atoms with Gasteiger partial charge in [0.1, 0.15) is 0 Å². The van der Waals surface area contributed by atoms with Crippen LogP contribution in [0, 0.1) is 0 Å². The van der Waals surface area contributed by atoms with Crippen molar-refractivity contribution in [2.24, 2.45) is 0 Å².